The van der Waals surface area contributed by atoms with Gasteiger partial charge in [-0.2, -0.15) is 0 Å². The highest BCUT2D eigenvalue weighted by Crippen LogP contribution is 2.27. The van der Waals surface area contributed by atoms with Crippen LogP contribution in [0.3, 0.4) is 0 Å². The molecule has 0 unspecified atom stereocenters. The van der Waals surface area contributed by atoms with Gasteiger partial charge >= 0.3 is 0 Å². The Hall–Kier alpha value is -2.66. The quantitative estimate of drug-likeness (QED) is 0.256. The second kappa shape index (κ2) is 12.0. The molecular formula is C27H28Cl2N2O2. The molecule has 1 amide bonds. The van der Waals surface area contributed by atoms with E-state index in [9.17, 15) is 9.59 Å². The number of anilines is 1. The number of likely N-dealkylation sites (N-methyl/N-ethyl adjacent to an activating group) is 1. The number of hydrogen-bond donors (Lipinski definition) is 1. The molecule has 0 fully saturated rings. The Morgan fingerprint density at radius 1 is 0.848 bits per heavy atom. The predicted molar refractivity (Wildman–Crippen MR) is 137 cm³/mol. The van der Waals surface area contributed by atoms with Crippen LogP contribution in [0.5, 0.6) is 0 Å². The molecule has 3 aromatic carbocycles. The molecule has 3 aromatic rings. The Balaban J connectivity index is 1.60. The van der Waals surface area contributed by atoms with Crippen LogP contribution in [-0.4, -0.2) is 36.2 Å². The number of ketones is 1. The first-order chi connectivity index (χ1) is 15.9. The zero-order valence-corrected chi connectivity index (χ0v) is 20.4. The maximum atomic E-state index is 12.7. The molecule has 3 rings (SSSR count). The minimum absolute atomic E-state index is 0.300. The number of carbonyl (C=O) groups is 2. The smallest absolute Gasteiger partial charge is 0.232 e. The van der Waals surface area contributed by atoms with Gasteiger partial charge in [0, 0.05) is 22.8 Å². The number of benzene rings is 3. The molecule has 1 N–H and O–H groups in total. The molecule has 0 aromatic heterocycles. The van der Waals surface area contributed by atoms with Gasteiger partial charge in [-0.1, -0.05) is 79.5 Å². The van der Waals surface area contributed by atoms with Crippen molar-refractivity contribution in [2.75, 3.05) is 25.0 Å². The van der Waals surface area contributed by atoms with Gasteiger partial charge in [-0.25, -0.2) is 0 Å². The fourth-order valence-corrected chi connectivity index (χ4v) is 4.20. The molecule has 0 heterocycles. The summed E-state index contributed by atoms with van der Waals surface area (Å²) < 4.78 is 0. The zero-order valence-electron chi connectivity index (χ0n) is 18.9. The highest BCUT2D eigenvalue weighted by atomic mass is 35.5. The molecule has 0 bridgehead atoms. The van der Waals surface area contributed by atoms with Crippen LogP contribution < -0.4 is 5.32 Å². The number of hydrogen-bond acceptors (Lipinski definition) is 3. The lowest BCUT2D eigenvalue weighted by molar-refractivity contribution is -0.115. The molecule has 0 spiro atoms. The number of Topliss-reactive ketones (excluding diaryl/α,β-unsaturated/α-hetero) is 1. The summed E-state index contributed by atoms with van der Waals surface area (Å²) in [5.41, 5.74) is 3.85. The standard InChI is InChI=1S/C27H28Cl2N2O2/c1-3-31(4-2)15-14-20-10-12-22(17-24(20)28)30-27(33)18-26(32)23-13-11-21(16-25(23)29)19-8-6-5-7-9-19/h5-13,16-17H,3-4,14-15,18H2,1-2H3,(H,30,33). The fraction of sp³-hybridized carbons (Fsp3) is 0.259. The van der Waals surface area contributed by atoms with Gasteiger partial charge < -0.3 is 10.2 Å². The number of halogens is 2. The Morgan fingerprint density at radius 3 is 2.21 bits per heavy atom. The molecular weight excluding hydrogens is 455 g/mol. The van der Waals surface area contributed by atoms with Crippen molar-refractivity contribution in [3.63, 3.8) is 0 Å². The van der Waals surface area contributed by atoms with E-state index in [4.69, 9.17) is 23.2 Å². The van der Waals surface area contributed by atoms with Crippen molar-refractivity contribution in [3.8, 4) is 11.1 Å². The maximum Gasteiger partial charge on any atom is 0.232 e. The van der Waals surface area contributed by atoms with Gasteiger partial charge in [0.25, 0.3) is 0 Å². The Labute approximate surface area is 205 Å². The van der Waals surface area contributed by atoms with Crippen molar-refractivity contribution in [1.29, 1.82) is 0 Å². The lowest BCUT2D eigenvalue weighted by atomic mass is 10.0. The first kappa shape index (κ1) is 25.0. The molecule has 0 saturated heterocycles. The van der Waals surface area contributed by atoms with Crippen LogP contribution in [-0.2, 0) is 11.2 Å². The van der Waals surface area contributed by atoms with Crippen molar-refractivity contribution < 1.29 is 9.59 Å². The average Bonchev–Trinajstić information content (AvgIpc) is 2.81. The summed E-state index contributed by atoms with van der Waals surface area (Å²) in [6, 6.07) is 20.5. The van der Waals surface area contributed by atoms with E-state index >= 15 is 0 Å². The van der Waals surface area contributed by atoms with E-state index in [0.717, 1.165) is 42.7 Å². The van der Waals surface area contributed by atoms with Gasteiger partial charge in [0.1, 0.15) is 0 Å². The molecule has 6 heteroatoms. The van der Waals surface area contributed by atoms with E-state index in [0.29, 0.717) is 21.3 Å². The van der Waals surface area contributed by atoms with Crippen molar-refractivity contribution in [1.82, 2.24) is 4.90 Å². The van der Waals surface area contributed by atoms with Crippen LogP contribution in [0.15, 0.2) is 66.7 Å². The van der Waals surface area contributed by atoms with Gasteiger partial charge in [0.15, 0.2) is 5.78 Å². The number of rotatable bonds is 10. The van der Waals surface area contributed by atoms with Crippen molar-refractivity contribution in [3.05, 3.63) is 87.9 Å². The van der Waals surface area contributed by atoms with Crippen LogP contribution in [0.1, 0.15) is 36.2 Å². The molecule has 0 aliphatic rings. The lowest BCUT2D eigenvalue weighted by Crippen LogP contribution is -2.25. The predicted octanol–water partition coefficient (Wildman–Crippen LogP) is 6.76. The summed E-state index contributed by atoms with van der Waals surface area (Å²) in [6.45, 7) is 7.19. The highest BCUT2D eigenvalue weighted by Gasteiger charge is 2.16. The molecule has 0 radical (unpaired) electrons. The van der Waals surface area contributed by atoms with Gasteiger partial charge in [0.05, 0.1) is 11.4 Å². The van der Waals surface area contributed by atoms with Crippen LogP contribution in [0.25, 0.3) is 11.1 Å². The van der Waals surface area contributed by atoms with Crippen molar-refractivity contribution in [2.45, 2.75) is 26.7 Å². The van der Waals surface area contributed by atoms with Crippen LogP contribution in [0.4, 0.5) is 5.69 Å². The molecule has 0 saturated carbocycles. The number of amides is 1. The minimum Gasteiger partial charge on any atom is -0.326 e. The van der Waals surface area contributed by atoms with Crippen LogP contribution in [0, 0.1) is 0 Å². The van der Waals surface area contributed by atoms with Crippen LogP contribution in [0.2, 0.25) is 10.0 Å². The number of nitrogens with zero attached hydrogens (tertiary/aromatic N) is 1. The van der Waals surface area contributed by atoms with E-state index in [1.807, 2.05) is 48.5 Å². The summed E-state index contributed by atoms with van der Waals surface area (Å²) >= 11 is 12.8. The van der Waals surface area contributed by atoms with E-state index in [-0.39, 0.29) is 12.2 Å². The third-order valence-corrected chi connectivity index (χ3v) is 6.29. The topological polar surface area (TPSA) is 49.4 Å². The Bertz CT molecular complexity index is 1110. The van der Waals surface area contributed by atoms with Crippen LogP contribution >= 0.6 is 23.2 Å². The Morgan fingerprint density at radius 2 is 1.58 bits per heavy atom. The molecule has 0 aliphatic carbocycles. The highest BCUT2D eigenvalue weighted by molar-refractivity contribution is 6.35. The van der Waals surface area contributed by atoms with Gasteiger partial charge in [0.2, 0.25) is 5.91 Å². The van der Waals surface area contributed by atoms with Crippen molar-refractivity contribution in [2.24, 2.45) is 0 Å². The van der Waals surface area contributed by atoms with Gasteiger partial charge in [-0.05, 0) is 60.5 Å². The van der Waals surface area contributed by atoms with Gasteiger partial charge in [-0.3, -0.25) is 9.59 Å². The first-order valence-electron chi connectivity index (χ1n) is 11.1. The third-order valence-electron chi connectivity index (χ3n) is 5.63. The first-order valence-corrected chi connectivity index (χ1v) is 11.9. The molecule has 0 atom stereocenters. The monoisotopic (exact) mass is 482 g/mol. The summed E-state index contributed by atoms with van der Waals surface area (Å²) in [5, 5.41) is 3.69. The molecule has 172 valence electrons. The second-order valence-electron chi connectivity index (χ2n) is 7.79. The fourth-order valence-electron chi connectivity index (χ4n) is 3.64. The average molecular weight is 483 g/mol. The minimum atomic E-state index is -0.407. The number of carbonyl (C=O) groups excluding carboxylic acids is 2. The van der Waals surface area contributed by atoms with E-state index in [2.05, 4.69) is 24.1 Å². The lowest BCUT2D eigenvalue weighted by Gasteiger charge is -2.18. The van der Waals surface area contributed by atoms with Gasteiger partial charge in [-0.15, -0.1) is 0 Å². The summed E-state index contributed by atoms with van der Waals surface area (Å²) in [5.74, 6) is -0.741. The van der Waals surface area contributed by atoms with E-state index in [1.165, 1.54) is 0 Å². The third kappa shape index (κ3) is 6.91. The molecule has 0 aliphatic heterocycles. The zero-order chi connectivity index (χ0) is 23.8. The maximum absolute atomic E-state index is 12.7. The summed E-state index contributed by atoms with van der Waals surface area (Å²) in [7, 11) is 0. The van der Waals surface area contributed by atoms with Crippen molar-refractivity contribution >= 4 is 40.6 Å². The SMILES string of the molecule is CCN(CC)CCc1ccc(NC(=O)CC(=O)c2ccc(-c3ccccc3)cc2Cl)cc1Cl. The summed E-state index contributed by atoms with van der Waals surface area (Å²) in [6.07, 6.45) is 0.538. The van der Waals surface area contributed by atoms with E-state index in [1.54, 1.807) is 18.2 Å². The molecule has 33 heavy (non-hydrogen) atoms. The normalized spacial score (nSPS) is 10.9. The largest absolute Gasteiger partial charge is 0.326 e. The molecule has 4 nitrogen and oxygen atoms in total. The summed E-state index contributed by atoms with van der Waals surface area (Å²) in [4.78, 5) is 27.5. The number of nitrogens with one attached hydrogen (secondary N) is 1. The second-order valence-corrected chi connectivity index (χ2v) is 8.61. The Kier molecular flexibility index (Phi) is 9.07. The van der Waals surface area contributed by atoms with E-state index < -0.39 is 5.91 Å².